The molecule has 1 aliphatic rings. The monoisotopic (exact) mass is 368 g/mol. The number of ether oxygens (including phenoxy) is 1. The predicted octanol–water partition coefficient (Wildman–Crippen LogP) is 1.81. The Kier molecular flexibility index (Phi) is 7.25. The molecule has 1 aromatic carbocycles. The normalized spacial score (nSPS) is 16.6. The molecule has 0 aromatic heterocycles. The zero-order chi connectivity index (χ0) is 18.3. The van der Waals surface area contributed by atoms with E-state index in [1.165, 1.54) is 9.87 Å². The lowest BCUT2D eigenvalue weighted by Gasteiger charge is -2.30. The molecule has 0 spiro atoms. The number of sulfonamides is 1. The quantitative estimate of drug-likeness (QED) is 0.710. The summed E-state index contributed by atoms with van der Waals surface area (Å²) in [4.78, 5) is 12.2. The predicted molar refractivity (Wildman–Crippen MR) is 98.1 cm³/mol. The van der Waals surface area contributed by atoms with Gasteiger partial charge in [-0.05, 0) is 50.3 Å². The molecule has 0 unspecified atom stereocenters. The maximum atomic E-state index is 12.2. The number of nitrogens with one attached hydrogen (secondary N) is 1. The first-order chi connectivity index (χ1) is 12.0. The Hall–Kier alpha value is -1.60. The number of benzene rings is 1. The third kappa shape index (κ3) is 5.71. The summed E-state index contributed by atoms with van der Waals surface area (Å²) in [6.45, 7) is 3.16. The van der Waals surface area contributed by atoms with Crippen LogP contribution in [0.15, 0.2) is 24.3 Å². The van der Waals surface area contributed by atoms with Crippen LogP contribution in [0.1, 0.15) is 31.7 Å². The molecule has 0 aliphatic carbocycles. The highest BCUT2D eigenvalue weighted by Gasteiger charge is 2.29. The number of piperidine rings is 1. The number of hydrogen-bond donors (Lipinski definition) is 1. The Morgan fingerprint density at radius 3 is 2.68 bits per heavy atom. The Morgan fingerprint density at radius 2 is 2.04 bits per heavy atom. The minimum atomic E-state index is -3.14. The molecule has 1 N–H and O–H groups in total. The Bertz CT molecular complexity index is 667. The highest BCUT2D eigenvalue weighted by molar-refractivity contribution is 7.89. The largest absolute Gasteiger partial charge is 0.497 e. The number of methoxy groups -OCH3 is 1. The van der Waals surface area contributed by atoms with Crippen LogP contribution in [0.5, 0.6) is 5.75 Å². The first kappa shape index (κ1) is 19.7. The van der Waals surface area contributed by atoms with Crippen molar-refractivity contribution in [3.05, 3.63) is 29.8 Å². The van der Waals surface area contributed by atoms with Crippen molar-refractivity contribution in [1.29, 1.82) is 0 Å². The molecule has 1 aliphatic heterocycles. The number of carbonyl (C=O) groups excluding carboxylic acids is 1. The smallest absolute Gasteiger partial charge is 0.223 e. The van der Waals surface area contributed by atoms with E-state index in [9.17, 15) is 13.2 Å². The van der Waals surface area contributed by atoms with Gasteiger partial charge in [0.05, 0.1) is 12.9 Å². The molecule has 25 heavy (non-hydrogen) atoms. The first-order valence-corrected chi connectivity index (χ1v) is 10.5. The lowest BCUT2D eigenvalue weighted by molar-refractivity contribution is -0.126. The first-order valence-electron chi connectivity index (χ1n) is 8.84. The van der Waals surface area contributed by atoms with Crippen molar-refractivity contribution < 1.29 is 17.9 Å². The van der Waals surface area contributed by atoms with E-state index < -0.39 is 10.0 Å². The second-order valence-corrected chi connectivity index (χ2v) is 8.58. The summed E-state index contributed by atoms with van der Waals surface area (Å²) < 4.78 is 30.4. The van der Waals surface area contributed by atoms with Crippen molar-refractivity contribution in [2.24, 2.45) is 5.92 Å². The standard InChI is InChI=1S/C18H28N2O4S/c1-3-25(22,23)20-12-9-16(10-13-20)18(21)19-11-5-7-15-6-4-8-17(14-15)24-2/h4,6,8,14,16H,3,5,7,9-13H2,1-2H3,(H,19,21). The molecule has 1 fully saturated rings. The van der Waals surface area contributed by atoms with Crippen LogP contribution in [-0.4, -0.2) is 51.1 Å². The van der Waals surface area contributed by atoms with Crippen LogP contribution in [0.25, 0.3) is 0 Å². The lowest BCUT2D eigenvalue weighted by Crippen LogP contribution is -2.43. The van der Waals surface area contributed by atoms with Gasteiger partial charge in [-0.1, -0.05) is 12.1 Å². The molecule has 1 heterocycles. The van der Waals surface area contributed by atoms with Crippen molar-refractivity contribution in [3.63, 3.8) is 0 Å². The summed E-state index contributed by atoms with van der Waals surface area (Å²) >= 11 is 0. The fourth-order valence-corrected chi connectivity index (χ4v) is 4.19. The van der Waals surface area contributed by atoms with Gasteiger partial charge in [0.1, 0.15) is 5.75 Å². The van der Waals surface area contributed by atoms with Crippen LogP contribution in [-0.2, 0) is 21.2 Å². The van der Waals surface area contributed by atoms with Crippen LogP contribution >= 0.6 is 0 Å². The second kappa shape index (κ2) is 9.20. The maximum absolute atomic E-state index is 12.2. The highest BCUT2D eigenvalue weighted by Crippen LogP contribution is 2.20. The summed E-state index contributed by atoms with van der Waals surface area (Å²) in [5.41, 5.74) is 1.19. The van der Waals surface area contributed by atoms with Crippen LogP contribution in [0.2, 0.25) is 0 Å². The topological polar surface area (TPSA) is 75.7 Å². The van der Waals surface area contributed by atoms with Gasteiger partial charge in [0.15, 0.2) is 0 Å². The number of amides is 1. The number of hydrogen-bond acceptors (Lipinski definition) is 4. The third-order valence-electron chi connectivity index (χ3n) is 4.66. The van der Waals surface area contributed by atoms with Crippen molar-refractivity contribution >= 4 is 15.9 Å². The van der Waals surface area contributed by atoms with Crippen LogP contribution in [0.4, 0.5) is 0 Å². The molecule has 1 amide bonds. The average Bonchev–Trinajstić information content (AvgIpc) is 2.65. The number of carbonyl (C=O) groups is 1. The van der Waals surface area contributed by atoms with Gasteiger partial charge in [-0.3, -0.25) is 4.79 Å². The van der Waals surface area contributed by atoms with E-state index in [0.29, 0.717) is 32.5 Å². The van der Waals surface area contributed by atoms with Gasteiger partial charge >= 0.3 is 0 Å². The molecule has 140 valence electrons. The zero-order valence-corrected chi connectivity index (χ0v) is 15.8. The van der Waals surface area contributed by atoms with E-state index in [0.717, 1.165) is 18.6 Å². The van der Waals surface area contributed by atoms with E-state index in [1.54, 1.807) is 14.0 Å². The maximum Gasteiger partial charge on any atom is 0.223 e. The van der Waals surface area contributed by atoms with E-state index in [2.05, 4.69) is 5.32 Å². The van der Waals surface area contributed by atoms with Crippen molar-refractivity contribution in [3.8, 4) is 5.75 Å². The minimum Gasteiger partial charge on any atom is -0.497 e. The van der Waals surface area contributed by atoms with Crippen molar-refractivity contribution in [2.45, 2.75) is 32.6 Å². The van der Waals surface area contributed by atoms with Crippen LogP contribution in [0, 0.1) is 5.92 Å². The van der Waals surface area contributed by atoms with E-state index in [4.69, 9.17) is 4.74 Å². The SMILES string of the molecule is CCS(=O)(=O)N1CCC(C(=O)NCCCc2cccc(OC)c2)CC1. The van der Waals surface area contributed by atoms with Gasteiger partial charge in [-0.25, -0.2) is 12.7 Å². The Balaban J connectivity index is 1.69. The summed E-state index contributed by atoms with van der Waals surface area (Å²) in [7, 11) is -1.49. The highest BCUT2D eigenvalue weighted by atomic mass is 32.2. The third-order valence-corrected chi connectivity index (χ3v) is 6.54. The van der Waals surface area contributed by atoms with Gasteiger partial charge < -0.3 is 10.1 Å². The van der Waals surface area contributed by atoms with Gasteiger partial charge in [0.2, 0.25) is 15.9 Å². The zero-order valence-electron chi connectivity index (χ0n) is 15.0. The van der Waals surface area contributed by atoms with E-state index in [1.807, 2.05) is 24.3 Å². The van der Waals surface area contributed by atoms with E-state index in [-0.39, 0.29) is 17.6 Å². The molecular weight excluding hydrogens is 340 g/mol. The summed E-state index contributed by atoms with van der Waals surface area (Å²) in [5.74, 6) is 0.920. The Morgan fingerprint density at radius 1 is 1.32 bits per heavy atom. The van der Waals surface area contributed by atoms with Crippen molar-refractivity contribution in [1.82, 2.24) is 9.62 Å². The Labute approximate surface area is 150 Å². The van der Waals surface area contributed by atoms with Gasteiger partial charge in [-0.2, -0.15) is 0 Å². The molecule has 2 rings (SSSR count). The van der Waals surface area contributed by atoms with Gasteiger partial charge in [0.25, 0.3) is 0 Å². The number of rotatable bonds is 8. The summed E-state index contributed by atoms with van der Waals surface area (Å²) in [5, 5.41) is 2.98. The molecule has 1 aromatic rings. The molecule has 1 saturated heterocycles. The fraction of sp³-hybridized carbons (Fsp3) is 0.611. The molecule has 6 nitrogen and oxygen atoms in total. The second-order valence-electron chi connectivity index (χ2n) is 6.32. The van der Waals surface area contributed by atoms with Crippen LogP contribution in [0.3, 0.4) is 0 Å². The number of nitrogens with zero attached hydrogens (tertiary/aromatic N) is 1. The van der Waals surface area contributed by atoms with Crippen LogP contribution < -0.4 is 10.1 Å². The molecule has 0 radical (unpaired) electrons. The van der Waals surface area contributed by atoms with Gasteiger partial charge in [-0.15, -0.1) is 0 Å². The fourth-order valence-electron chi connectivity index (χ4n) is 3.06. The van der Waals surface area contributed by atoms with Gasteiger partial charge in [0, 0.05) is 25.6 Å². The molecule has 0 saturated carbocycles. The molecule has 0 bridgehead atoms. The number of aryl methyl sites for hydroxylation is 1. The van der Waals surface area contributed by atoms with E-state index >= 15 is 0 Å². The van der Waals surface area contributed by atoms with Crippen molar-refractivity contribution in [2.75, 3.05) is 32.5 Å². The lowest BCUT2D eigenvalue weighted by atomic mass is 9.97. The molecule has 7 heteroatoms. The summed E-state index contributed by atoms with van der Waals surface area (Å²) in [6.07, 6.45) is 2.94. The molecule has 0 atom stereocenters. The minimum absolute atomic E-state index is 0.0409. The average molecular weight is 368 g/mol. The molecular formula is C18H28N2O4S. The summed E-state index contributed by atoms with van der Waals surface area (Å²) in [6, 6.07) is 7.93.